The van der Waals surface area contributed by atoms with Crippen molar-refractivity contribution in [1.29, 1.82) is 0 Å². The van der Waals surface area contributed by atoms with Crippen molar-refractivity contribution in [1.82, 2.24) is 0 Å². The van der Waals surface area contributed by atoms with E-state index in [0.717, 1.165) is 19.3 Å². The zero-order valence-electron chi connectivity index (χ0n) is 16.7. The molecule has 2 fully saturated rings. The van der Waals surface area contributed by atoms with Crippen molar-refractivity contribution in [3.8, 4) is 0 Å². The second-order valence-corrected chi connectivity index (χ2v) is 13.8. The normalized spacial score (nSPS) is 30.3. The van der Waals surface area contributed by atoms with Gasteiger partial charge in [0.15, 0.2) is 13.4 Å². The van der Waals surface area contributed by atoms with Gasteiger partial charge in [0, 0.05) is 30.5 Å². The van der Waals surface area contributed by atoms with E-state index >= 15 is 0 Å². The molecule has 0 aliphatic carbocycles. The van der Waals surface area contributed by atoms with Crippen LogP contribution in [0.5, 0.6) is 0 Å². The zero-order valence-corrected chi connectivity index (χ0v) is 18.5. The molecule has 0 spiro atoms. The SMILES string of the molecule is COP1(=O)CCC(OC2CCCCO2)C1P(=O)(c1ccccc1)c1ccccc1. The van der Waals surface area contributed by atoms with Crippen molar-refractivity contribution in [3.05, 3.63) is 60.7 Å². The lowest BCUT2D eigenvalue weighted by atomic mass is 10.2. The fraction of sp³-hybridized carbons (Fsp3) is 0.455. The number of hydrogen-bond donors (Lipinski definition) is 0. The highest BCUT2D eigenvalue weighted by molar-refractivity contribution is 7.89. The summed E-state index contributed by atoms with van der Waals surface area (Å²) in [4.78, 5) is 0. The molecule has 0 N–H and O–H groups in total. The Labute approximate surface area is 172 Å². The minimum atomic E-state index is -3.30. The van der Waals surface area contributed by atoms with Crippen LogP contribution >= 0.6 is 14.5 Å². The molecule has 156 valence electrons. The summed E-state index contributed by atoms with van der Waals surface area (Å²) in [5, 5.41) is 0.664. The third kappa shape index (κ3) is 4.04. The summed E-state index contributed by atoms with van der Waals surface area (Å²) >= 11 is 0. The van der Waals surface area contributed by atoms with Crippen LogP contribution in [-0.2, 0) is 23.1 Å². The van der Waals surface area contributed by atoms with Gasteiger partial charge in [-0.05, 0) is 25.7 Å². The lowest BCUT2D eigenvalue weighted by Crippen LogP contribution is -2.36. The van der Waals surface area contributed by atoms with Crippen LogP contribution in [0.25, 0.3) is 0 Å². The molecule has 0 saturated carbocycles. The standard InChI is InChI=1S/C22H28O5P2/c1-25-28(23)17-15-20(27-21-14-8-9-16-26-21)22(28)29(24,18-10-4-2-5-11-18)19-12-6-3-7-13-19/h2-7,10-13,20-22H,8-9,14-17H2,1H3. The number of ether oxygens (including phenoxy) is 2. The van der Waals surface area contributed by atoms with Crippen LogP contribution in [0.4, 0.5) is 0 Å². The maximum atomic E-state index is 14.9. The van der Waals surface area contributed by atoms with Crippen LogP contribution in [0.1, 0.15) is 25.7 Å². The molecule has 2 heterocycles. The van der Waals surface area contributed by atoms with E-state index in [1.165, 1.54) is 7.11 Å². The molecule has 2 saturated heterocycles. The van der Waals surface area contributed by atoms with Gasteiger partial charge in [-0.2, -0.15) is 0 Å². The Morgan fingerprint density at radius 3 is 2.10 bits per heavy atom. The fourth-order valence-corrected chi connectivity index (χ4v) is 12.7. The van der Waals surface area contributed by atoms with Gasteiger partial charge < -0.3 is 18.6 Å². The van der Waals surface area contributed by atoms with E-state index in [-0.39, 0.29) is 6.29 Å². The lowest BCUT2D eigenvalue weighted by Gasteiger charge is -2.35. The van der Waals surface area contributed by atoms with Gasteiger partial charge in [-0.15, -0.1) is 0 Å². The molecule has 5 nitrogen and oxygen atoms in total. The molecule has 0 bridgehead atoms. The summed E-state index contributed by atoms with van der Waals surface area (Å²) in [6.07, 6.45) is 3.03. The predicted octanol–water partition coefficient (Wildman–Crippen LogP) is 4.57. The first-order chi connectivity index (χ1) is 14.1. The Hall–Kier alpha value is -1.22. The largest absolute Gasteiger partial charge is 0.353 e. The lowest BCUT2D eigenvalue weighted by molar-refractivity contribution is -0.184. The first-order valence-electron chi connectivity index (χ1n) is 10.2. The van der Waals surface area contributed by atoms with Gasteiger partial charge in [0.2, 0.25) is 7.37 Å². The first-order valence-corrected chi connectivity index (χ1v) is 13.9. The van der Waals surface area contributed by atoms with Crippen LogP contribution in [0, 0.1) is 0 Å². The molecule has 4 unspecified atom stereocenters. The average Bonchev–Trinajstić information content (AvgIpc) is 3.12. The van der Waals surface area contributed by atoms with Crippen molar-refractivity contribution < 1.29 is 23.1 Å². The van der Waals surface area contributed by atoms with Gasteiger partial charge in [0.05, 0.1) is 6.10 Å². The van der Waals surface area contributed by atoms with Gasteiger partial charge in [0.25, 0.3) is 0 Å². The Kier molecular flexibility index (Phi) is 6.44. The maximum Gasteiger partial charge on any atom is 0.216 e. The molecule has 0 amide bonds. The molecule has 4 atom stereocenters. The van der Waals surface area contributed by atoms with E-state index in [1.54, 1.807) is 0 Å². The van der Waals surface area contributed by atoms with Crippen LogP contribution in [-0.4, -0.2) is 37.7 Å². The third-order valence-electron chi connectivity index (χ3n) is 5.89. The highest BCUT2D eigenvalue weighted by Gasteiger charge is 2.57. The van der Waals surface area contributed by atoms with E-state index in [9.17, 15) is 9.13 Å². The highest BCUT2D eigenvalue weighted by Crippen LogP contribution is 2.72. The van der Waals surface area contributed by atoms with Crippen molar-refractivity contribution >= 4 is 25.1 Å². The molecular formula is C22H28O5P2. The first kappa shape index (κ1) is 21.0. The quantitative estimate of drug-likeness (QED) is 0.624. The van der Waals surface area contributed by atoms with Gasteiger partial charge >= 0.3 is 0 Å². The summed E-state index contributed by atoms with van der Waals surface area (Å²) in [5.41, 5.74) is 0. The molecule has 29 heavy (non-hydrogen) atoms. The Morgan fingerprint density at radius 2 is 1.59 bits per heavy atom. The Morgan fingerprint density at radius 1 is 0.966 bits per heavy atom. The van der Waals surface area contributed by atoms with Crippen molar-refractivity contribution in [2.24, 2.45) is 0 Å². The average molecular weight is 434 g/mol. The second-order valence-electron chi connectivity index (χ2n) is 7.63. The highest BCUT2D eigenvalue weighted by atomic mass is 31.2. The zero-order chi connectivity index (χ0) is 20.3. The van der Waals surface area contributed by atoms with Crippen LogP contribution < -0.4 is 10.6 Å². The number of rotatable bonds is 6. The molecule has 2 aromatic carbocycles. The van der Waals surface area contributed by atoms with Crippen molar-refractivity contribution in [3.63, 3.8) is 0 Å². The second kappa shape index (κ2) is 8.88. The third-order valence-corrected chi connectivity index (χ3v) is 13.8. The fourth-order valence-electron chi connectivity index (χ4n) is 4.43. The van der Waals surface area contributed by atoms with Gasteiger partial charge in [-0.3, -0.25) is 4.57 Å². The summed E-state index contributed by atoms with van der Waals surface area (Å²) < 4.78 is 46.4. The van der Waals surface area contributed by atoms with E-state index < -0.39 is 26.0 Å². The van der Waals surface area contributed by atoms with Gasteiger partial charge in [-0.25, -0.2) is 0 Å². The van der Waals surface area contributed by atoms with Gasteiger partial charge in [-0.1, -0.05) is 60.7 Å². The maximum absolute atomic E-state index is 14.9. The summed E-state index contributed by atoms with van der Waals surface area (Å²) in [6, 6.07) is 18.7. The van der Waals surface area contributed by atoms with E-state index in [4.69, 9.17) is 14.0 Å². The Bertz CT molecular complexity index is 852. The molecule has 2 aliphatic rings. The molecule has 2 aromatic rings. The van der Waals surface area contributed by atoms with Crippen LogP contribution in [0.3, 0.4) is 0 Å². The topological polar surface area (TPSA) is 61.8 Å². The van der Waals surface area contributed by atoms with Crippen molar-refractivity contribution in [2.75, 3.05) is 19.9 Å². The molecule has 4 rings (SSSR count). The minimum Gasteiger partial charge on any atom is -0.353 e. The molecular weight excluding hydrogens is 406 g/mol. The number of hydrogen-bond acceptors (Lipinski definition) is 5. The molecule has 0 radical (unpaired) electrons. The molecule has 0 aromatic heterocycles. The summed E-state index contributed by atoms with van der Waals surface area (Å²) in [6.45, 7) is 0.666. The number of benzene rings is 2. The van der Waals surface area contributed by atoms with Crippen LogP contribution in [0.2, 0.25) is 0 Å². The van der Waals surface area contributed by atoms with Crippen molar-refractivity contribution in [2.45, 2.75) is 43.5 Å². The summed E-state index contributed by atoms with van der Waals surface area (Å²) in [7, 11) is -5.02. The predicted molar refractivity (Wildman–Crippen MR) is 116 cm³/mol. The minimum absolute atomic E-state index is 0.334. The Balaban J connectivity index is 1.81. The van der Waals surface area contributed by atoms with E-state index in [1.807, 2.05) is 60.7 Å². The summed E-state index contributed by atoms with van der Waals surface area (Å²) in [5.74, 6) is 0. The smallest absolute Gasteiger partial charge is 0.216 e. The van der Waals surface area contributed by atoms with Crippen LogP contribution in [0.15, 0.2) is 60.7 Å². The van der Waals surface area contributed by atoms with Gasteiger partial charge in [0.1, 0.15) is 5.40 Å². The molecule has 2 aliphatic heterocycles. The van der Waals surface area contributed by atoms with E-state index in [0.29, 0.717) is 29.8 Å². The monoisotopic (exact) mass is 434 g/mol. The van der Waals surface area contributed by atoms with E-state index in [2.05, 4.69) is 0 Å². The molecule has 7 heteroatoms.